The Labute approximate surface area is 178 Å². The summed E-state index contributed by atoms with van der Waals surface area (Å²) in [4.78, 5) is 38.7. The van der Waals surface area contributed by atoms with Crippen LogP contribution in [0.5, 0.6) is 0 Å². The zero-order chi connectivity index (χ0) is 21.0. The molecule has 0 radical (unpaired) electrons. The molecule has 11 heteroatoms. The summed E-state index contributed by atoms with van der Waals surface area (Å²) in [6, 6.07) is 10.8. The molecule has 0 aliphatic heterocycles. The van der Waals surface area contributed by atoms with E-state index in [1.807, 2.05) is 0 Å². The zero-order valence-corrected chi connectivity index (χ0v) is 16.8. The smallest absolute Gasteiger partial charge is 0.358 e. The minimum atomic E-state index is -0.796. The predicted molar refractivity (Wildman–Crippen MR) is 110 cm³/mol. The lowest BCUT2D eigenvalue weighted by molar-refractivity contribution is -0.383. The molecule has 0 aliphatic rings. The second kappa shape index (κ2) is 8.99. The van der Waals surface area contributed by atoms with Crippen LogP contribution < -0.4 is 5.32 Å². The molecule has 29 heavy (non-hydrogen) atoms. The number of carbonyl (C=O) groups is 2. The fourth-order valence-electron chi connectivity index (χ4n) is 2.27. The molecular formula is C18H11Cl2N3O5S. The van der Waals surface area contributed by atoms with E-state index >= 15 is 0 Å². The first-order chi connectivity index (χ1) is 13.8. The number of benzene rings is 2. The Balaban J connectivity index is 1.61. The first kappa shape index (κ1) is 20.7. The molecule has 148 valence electrons. The average Bonchev–Trinajstić information content (AvgIpc) is 3.18. The van der Waals surface area contributed by atoms with Gasteiger partial charge in [0, 0.05) is 27.1 Å². The Morgan fingerprint density at radius 2 is 1.93 bits per heavy atom. The predicted octanol–water partition coefficient (Wildman–Crippen LogP) is 4.82. The molecule has 0 fully saturated rings. The maximum Gasteiger partial charge on any atom is 0.358 e. The average molecular weight is 452 g/mol. The number of aromatic nitrogens is 1. The summed E-state index contributed by atoms with van der Waals surface area (Å²) in [5.74, 6) is -1.54. The molecule has 0 aliphatic carbocycles. The third kappa shape index (κ3) is 5.29. The number of anilines is 1. The number of carbonyl (C=O) groups excluding carboxylic acids is 2. The Kier molecular flexibility index (Phi) is 6.42. The van der Waals surface area contributed by atoms with E-state index in [0.29, 0.717) is 10.0 Å². The van der Waals surface area contributed by atoms with Gasteiger partial charge in [-0.15, -0.1) is 11.3 Å². The molecule has 1 N–H and O–H groups in total. The van der Waals surface area contributed by atoms with Crippen molar-refractivity contribution in [2.75, 3.05) is 11.9 Å². The minimum absolute atomic E-state index is 0.0373. The zero-order valence-electron chi connectivity index (χ0n) is 14.4. The van der Waals surface area contributed by atoms with Gasteiger partial charge in [-0.2, -0.15) is 0 Å². The first-order valence-electron chi connectivity index (χ1n) is 7.96. The summed E-state index contributed by atoms with van der Waals surface area (Å²) >= 11 is 12.9. The number of halogens is 2. The molecule has 1 amide bonds. The highest BCUT2D eigenvalue weighted by Crippen LogP contribution is 2.28. The van der Waals surface area contributed by atoms with Gasteiger partial charge in [0.15, 0.2) is 12.3 Å². The van der Waals surface area contributed by atoms with Crippen LogP contribution >= 0.6 is 34.5 Å². The van der Waals surface area contributed by atoms with E-state index < -0.39 is 23.4 Å². The van der Waals surface area contributed by atoms with Crippen molar-refractivity contribution >= 4 is 57.8 Å². The number of nitro benzene ring substituents is 1. The van der Waals surface area contributed by atoms with E-state index in [2.05, 4.69) is 10.3 Å². The number of thiazole rings is 1. The van der Waals surface area contributed by atoms with Crippen molar-refractivity contribution in [1.82, 2.24) is 4.98 Å². The minimum Gasteiger partial charge on any atom is -0.451 e. The van der Waals surface area contributed by atoms with Crippen molar-refractivity contribution in [3.63, 3.8) is 0 Å². The quantitative estimate of drug-likeness (QED) is 0.326. The van der Waals surface area contributed by atoms with Gasteiger partial charge in [-0.25, -0.2) is 9.78 Å². The van der Waals surface area contributed by atoms with Crippen LogP contribution in [0.1, 0.15) is 10.5 Å². The number of amides is 1. The van der Waals surface area contributed by atoms with E-state index in [0.717, 1.165) is 11.6 Å². The molecule has 0 atom stereocenters. The van der Waals surface area contributed by atoms with Gasteiger partial charge in [-0.05, 0) is 24.3 Å². The van der Waals surface area contributed by atoms with Crippen molar-refractivity contribution in [2.24, 2.45) is 0 Å². The molecule has 0 bridgehead atoms. The Bertz CT molecular complexity index is 1100. The third-order valence-corrected chi connectivity index (χ3v) is 4.91. The van der Waals surface area contributed by atoms with Crippen molar-refractivity contribution < 1.29 is 19.2 Å². The monoisotopic (exact) mass is 451 g/mol. The van der Waals surface area contributed by atoms with E-state index in [9.17, 15) is 19.7 Å². The van der Waals surface area contributed by atoms with E-state index in [4.69, 9.17) is 27.9 Å². The van der Waals surface area contributed by atoms with Crippen molar-refractivity contribution in [2.45, 2.75) is 0 Å². The summed E-state index contributed by atoms with van der Waals surface area (Å²) in [5, 5.41) is 16.1. The summed E-state index contributed by atoms with van der Waals surface area (Å²) in [5.41, 5.74) is 0.352. The van der Waals surface area contributed by atoms with Crippen LogP contribution in [0.15, 0.2) is 47.8 Å². The van der Waals surface area contributed by atoms with Crippen molar-refractivity contribution in [3.8, 4) is 10.6 Å². The number of esters is 1. The maximum atomic E-state index is 12.1. The van der Waals surface area contributed by atoms with Crippen LogP contribution in [0.25, 0.3) is 10.6 Å². The normalized spacial score (nSPS) is 10.4. The molecule has 1 heterocycles. The number of nitro groups is 1. The second-order valence-electron chi connectivity index (χ2n) is 5.59. The van der Waals surface area contributed by atoms with Gasteiger partial charge < -0.3 is 10.1 Å². The molecule has 0 unspecified atom stereocenters. The fourth-order valence-corrected chi connectivity index (χ4v) is 3.42. The number of nitrogens with zero attached hydrogens (tertiary/aromatic N) is 2. The van der Waals surface area contributed by atoms with Gasteiger partial charge in [0.2, 0.25) is 0 Å². The van der Waals surface area contributed by atoms with Crippen LogP contribution in [0.2, 0.25) is 10.0 Å². The fraction of sp³-hybridized carbons (Fsp3) is 0.0556. The molecular weight excluding hydrogens is 441 g/mol. The lowest BCUT2D eigenvalue weighted by atomic mass is 10.2. The number of hydrogen-bond donors (Lipinski definition) is 1. The highest BCUT2D eigenvalue weighted by molar-refractivity contribution is 7.13. The van der Waals surface area contributed by atoms with Crippen LogP contribution in [0.4, 0.5) is 11.4 Å². The van der Waals surface area contributed by atoms with Gasteiger partial charge in [0.1, 0.15) is 10.7 Å². The lowest BCUT2D eigenvalue weighted by Gasteiger charge is -2.06. The SMILES string of the molecule is O=C(COC(=O)c1csc(-c2cccc(Cl)c2)n1)Nc1ccc(Cl)cc1[N+](=O)[O-]. The van der Waals surface area contributed by atoms with Gasteiger partial charge >= 0.3 is 5.97 Å². The molecule has 3 aromatic rings. The number of hydrogen-bond acceptors (Lipinski definition) is 7. The maximum absolute atomic E-state index is 12.1. The van der Waals surface area contributed by atoms with Crippen molar-refractivity contribution in [1.29, 1.82) is 0 Å². The lowest BCUT2D eigenvalue weighted by Crippen LogP contribution is -2.21. The standard InChI is InChI=1S/C18H11Cl2N3O5S/c19-11-3-1-2-10(6-11)17-22-14(9-29-17)18(25)28-8-16(24)21-13-5-4-12(20)7-15(13)23(26)27/h1-7,9H,8H2,(H,21,24). The van der Waals surface area contributed by atoms with Crippen molar-refractivity contribution in [3.05, 3.63) is 73.7 Å². The van der Waals surface area contributed by atoms with Crippen LogP contribution in [0.3, 0.4) is 0 Å². The number of nitrogens with one attached hydrogen (secondary N) is 1. The topological polar surface area (TPSA) is 111 Å². The summed E-state index contributed by atoms with van der Waals surface area (Å²) < 4.78 is 4.93. The van der Waals surface area contributed by atoms with Gasteiger partial charge in [-0.1, -0.05) is 35.3 Å². The summed E-state index contributed by atoms with van der Waals surface area (Å²) in [6.07, 6.45) is 0. The first-order valence-corrected chi connectivity index (χ1v) is 9.59. The third-order valence-electron chi connectivity index (χ3n) is 3.55. The molecule has 0 saturated heterocycles. The Morgan fingerprint density at radius 1 is 1.17 bits per heavy atom. The largest absolute Gasteiger partial charge is 0.451 e. The molecule has 1 aromatic heterocycles. The summed E-state index contributed by atoms with van der Waals surface area (Å²) in [6.45, 7) is -0.636. The van der Waals surface area contributed by atoms with Gasteiger partial charge in [0.05, 0.1) is 4.92 Å². The summed E-state index contributed by atoms with van der Waals surface area (Å²) in [7, 11) is 0. The van der Waals surface area contributed by atoms with E-state index in [1.54, 1.807) is 24.3 Å². The molecule has 0 spiro atoms. The second-order valence-corrected chi connectivity index (χ2v) is 7.32. The highest BCUT2D eigenvalue weighted by Gasteiger charge is 2.19. The Morgan fingerprint density at radius 3 is 2.66 bits per heavy atom. The van der Waals surface area contributed by atoms with Gasteiger partial charge in [-0.3, -0.25) is 14.9 Å². The molecule has 2 aromatic carbocycles. The van der Waals surface area contributed by atoms with E-state index in [1.165, 1.54) is 28.8 Å². The van der Waals surface area contributed by atoms with Gasteiger partial charge in [0.25, 0.3) is 11.6 Å². The van der Waals surface area contributed by atoms with Crippen LogP contribution in [0, 0.1) is 10.1 Å². The highest BCUT2D eigenvalue weighted by atomic mass is 35.5. The molecule has 0 saturated carbocycles. The molecule has 3 rings (SSSR count). The molecule has 8 nitrogen and oxygen atoms in total. The number of rotatable bonds is 6. The van der Waals surface area contributed by atoms with Crippen LogP contribution in [-0.4, -0.2) is 28.4 Å². The number of ether oxygens (including phenoxy) is 1. The van der Waals surface area contributed by atoms with E-state index in [-0.39, 0.29) is 22.1 Å². The Hall–Kier alpha value is -3.01. The van der Waals surface area contributed by atoms with Crippen LogP contribution in [-0.2, 0) is 9.53 Å².